The van der Waals surface area contributed by atoms with E-state index in [1.54, 1.807) is 25.7 Å². The van der Waals surface area contributed by atoms with E-state index in [1.165, 1.54) is 40.5 Å². The number of methoxy groups -OCH3 is 1. The van der Waals surface area contributed by atoms with E-state index in [4.69, 9.17) is 14.2 Å². The highest BCUT2D eigenvalue weighted by Gasteiger charge is 2.39. The number of benzene rings is 2. The molecule has 0 bridgehead atoms. The highest BCUT2D eigenvalue weighted by molar-refractivity contribution is 7.99. The van der Waals surface area contributed by atoms with Crippen molar-refractivity contribution in [2.45, 2.75) is 43.5 Å². The summed E-state index contributed by atoms with van der Waals surface area (Å²) in [5, 5.41) is 0.155. The van der Waals surface area contributed by atoms with Crippen molar-refractivity contribution in [1.29, 1.82) is 0 Å². The minimum atomic E-state index is -4.76. The number of aromatic nitrogens is 2. The van der Waals surface area contributed by atoms with Crippen LogP contribution >= 0.6 is 11.8 Å². The quantitative estimate of drug-likeness (QED) is 0.201. The van der Waals surface area contributed by atoms with Gasteiger partial charge in [0.1, 0.15) is 24.0 Å². The van der Waals surface area contributed by atoms with Crippen LogP contribution in [-0.2, 0) is 20.4 Å². The van der Waals surface area contributed by atoms with Gasteiger partial charge in [-0.1, -0.05) is 12.1 Å². The summed E-state index contributed by atoms with van der Waals surface area (Å²) in [6, 6.07) is 5.32. The summed E-state index contributed by atoms with van der Waals surface area (Å²) in [7, 11) is 1.46. The minimum absolute atomic E-state index is 0.0206. The van der Waals surface area contributed by atoms with Gasteiger partial charge in [0.05, 0.1) is 23.7 Å². The highest BCUT2D eigenvalue weighted by Crippen LogP contribution is 2.49. The molecule has 14 heteroatoms. The van der Waals surface area contributed by atoms with Crippen LogP contribution < -0.4 is 10.6 Å². The molecule has 9 nitrogen and oxygen atoms in total. The molecule has 0 radical (unpaired) electrons. The number of piperazine rings is 1. The number of carbonyl (C=O) groups is 1. The zero-order chi connectivity index (χ0) is 31.1. The molecule has 0 unspecified atom stereocenters. The average Bonchev–Trinajstić information content (AvgIpc) is 2.94. The molecule has 1 fully saturated rings. The average molecular weight is 625 g/mol. The van der Waals surface area contributed by atoms with E-state index >= 15 is 0 Å². The number of hydrogen-bond acceptors (Lipinski definition) is 8. The maximum atomic E-state index is 14.7. The predicted molar refractivity (Wildman–Crippen MR) is 154 cm³/mol. The van der Waals surface area contributed by atoms with Gasteiger partial charge in [-0.05, 0) is 44.5 Å². The van der Waals surface area contributed by atoms with E-state index in [-0.39, 0.29) is 72.6 Å². The van der Waals surface area contributed by atoms with Crippen LogP contribution in [-0.4, -0.2) is 78.6 Å². The second kappa shape index (κ2) is 12.0. The number of thioether (sulfide) groups is 1. The normalized spacial score (nSPS) is 17.4. The van der Waals surface area contributed by atoms with Crippen molar-refractivity contribution in [2.75, 3.05) is 57.3 Å². The van der Waals surface area contributed by atoms with Crippen molar-refractivity contribution in [1.82, 2.24) is 14.5 Å². The first-order valence-corrected chi connectivity index (χ1v) is 14.7. The Balaban J connectivity index is 1.67. The molecular weight excluding hydrogens is 592 g/mol. The third-order valence-electron chi connectivity index (χ3n) is 7.11. The molecule has 0 N–H and O–H groups in total. The molecule has 5 rings (SSSR count). The number of nitrogens with zero attached hydrogens (tertiary/aromatic N) is 4. The first-order chi connectivity index (χ1) is 20.3. The van der Waals surface area contributed by atoms with Crippen LogP contribution in [0, 0.1) is 5.82 Å². The van der Waals surface area contributed by atoms with Gasteiger partial charge in [0.15, 0.2) is 0 Å². The van der Waals surface area contributed by atoms with Gasteiger partial charge < -0.3 is 24.0 Å². The molecule has 232 valence electrons. The number of ether oxygens (including phenoxy) is 3. The number of anilines is 1. The Morgan fingerprint density at radius 2 is 1.77 bits per heavy atom. The Labute approximate surface area is 249 Å². The van der Waals surface area contributed by atoms with E-state index in [2.05, 4.69) is 4.98 Å². The van der Waals surface area contributed by atoms with Gasteiger partial charge in [0.2, 0.25) is 0 Å². The molecule has 3 aromatic rings. The molecule has 43 heavy (non-hydrogen) atoms. The highest BCUT2D eigenvalue weighted by atomic mass is 32.2. The fraction of sp³-hybridized carbons (Fsp3) is 0.483. The Hall–Kier alpha value is -3.36. The first-order valence-electron chi connectivity index (χ1n) is 13.7. The van der Waals surface area contributed by atoms with Crippen LogP contribution in [0.1, 0.15) is 32.4 Å². The number of carbonyl (C=O) groups excluding carboxylic acids is 1. The standard InChI is InChI=1S/C29H32F4N4O5S/c1-28(2,3)42-27(39)36-11-9-35(10-12-36)25-20-13-21(29(31,32)33)22(17-5-7-18(30)8-6-17)24-23(20)37(26(38)34-25)19(15-43-24)14-41-16-40-4/h5-8,13,19H,9-12,14-16H2,1-4H3/t19-/m0/s1. The molecule has 2 aromatic carbocycles. The lowest BCUT2D eigenvalue weighted by atomic mass is 9.96. The number of alkyl halides is 3. The van der Waals surface area contributed by atoms with Crippen molar-refractivity contribution >= 4 is 34.6 Å². The molecule has 3 heterocycles. The molecule has 2 aliphatic rings. The summed E-state index contributed by atoms with van der Waals surface area (Å²) in [6.45, 7) is 6.27. The number of amides is 1. The Bertz CT molecular complexity index is 1570. The molecule has 1 saturated heterocycles. The summed E-state index contributed by atoms with van der Waals surface area (Å²) in [4.78, 5) is 34.0. The van der Waals surface area contributed by atoms with Gasteiger partial charge in [0.25, 0.3) is 0 Å². The summed E-state index contributed by atoms with van der Waals surface area (Å²) < 4.78 is 75.3. The number of hydrogen-bond donors (Lipinski definition) is 0. The second-order valence-electron chi connectivity index (χ2n) is 11.3. The van der Waals surface area contributed by atoms with E-state index < -0.39 is 41.0 Å². The zero-order valence-corrected chi connectivity index (χ0v) is 25.0. The van der Waals surface area contributed by atoms with Crippen LogP contribution in [0.5, 0.6) is 0 Å². The second-order valence-corrected chi connectivity index (χ2v) is 12.3. The zero-order valence-electron chi connectivity index (χ0n) is 24.2. The molecule has 1 atom stereocenters. The van der Waals surface area contributed by atoms with Gasteiger partial charge in [-0.3, -0.25) is 4.57 Å². The van der Waals surface area contributed by atoms with Crippen LogP contribution in [0.4, 0.5) is 28.2 Å². The summed E-state index contributed by atoms with van der Waals surface area (Å²) in [6.07, 6.45) is -5.25. The van der Waals surface area contributed by atoms with Gasteiger partial charge in [-0.2, -0.15) is 18.2 Å². The predicted octanol–water partition coefficient (Wildman–Crippen LogP) is 5.55. The maximum absolute atomic E-state index is 14.7. The molecular formula is C29H32F4N4O5S. The molecule has 0 saturated carbocycles. The molecule has 2 aliphatic heterocycles. The van der Waals surface area contributed by atoms with E-state index in [0.29, 0.717) is 5.52 Å². The van der Waals surface area contributed by atoms with Crippen molar-refractivity contribution in [2.24, 2.45) is 0 Å². The van der Waals surface area contributed by atoms with Crippen LogP contribution in [0.3, 0.4) is 0 Å². The SMILES string of the molecule is COCOC[C@H]1CSc2c(-c3ccc(F)cc3)c(C(F)(F)F)cc3c(N4CCN(C(=O)OC(C)(C)C)CC4)nc(=O)n1c23. The maximum Gasteiger partial charge on any atom is 0.417 e. The first kappa shape index (κ1) is 31.1. The van der Waals surface area contributed by atoms with Crippen molar-refractivity contribution in [3.05, 3.63) is 52.2 Å². The van der Waals surface area contributed by atoms with Crippen LogP contribution in [0.2, 0.25) is 0 Å². The summed E-state index contributed by atoms with van der Waals surface area (Å²) >= 11 is 1.19. The van der Waals surface area contributed by atoms with Gasteiger partial charge >= 0.3 is 18.0 Å². The van der Waals surface area contributed by atoms with Gasteiger partial charge in [-0.15, -0.1) is 11.8 Å². The Morgan fingerprint density at radius 3 is 2.37 bits per heavy atom. The lowest BCUT2D eigenvalue weighted by Crippen LogP contribution is -2.50. The minimum Gasteiger partial charge on any atom is -0.444 e. The van der Waals surface area contributed by atoms with Crippen LogP contribution in [0.15, 0.2) is 40.0 Å². The Morgan fingerprint density at radius 1 is 1.09 bits per heavy atom. The lowest BCUT2D eigenvalue weighted by molar-refractivity contribution is -0.137. The largest absolute Gasteiger partial charge is 0.444 e. The fourth-order valence-corrected chi connectivity index (χ4v) is 6.60. The number of rotatable bonds is 6. The van der Waals surface area contributed by atoms with Gasteiger partial charge in [-0.25, -0.2) is 14.0 Å². The lowest BCUT2D eigenvalue weighted by Gasteiger charge is -2.37. The smallest absolute Gasteiger partial charge is 0.417 e. The van der Waals surface area contributed by atoms with E-state index in [9.17, 15) is 27.2 Å². The summed E-state index contributed by atoms with van der Waals surface area (Å²) in [5.74, 6) is -0.225. The van der Waals surface area contributed by atoms with Crippen LogP contribution in [0.25, 0.3) is 22.0 Å². The third-order valence-corrected chi connectivity index (χ3v) is 8.35. The van der Waals surface area contributed by atoms with E-state index in [0.717, 1.165) is 18.2 Å². The molecule has 0 spiro atoms. The number of halogens is 4. The Kier molecular flexibility index (Phi) is 8.65. The summed E-state index contributed by atoms with van der Waals surface area (Å²) in [5.41, 5.74) is -1.87. The monoisotopic (exact) mass is 624 g/mol. The molecule has 0 aliphatic carbocycles. The molecule has 1 amide bonds. The molecule has 1 aromatic heterocycles. The fourth-order valence-electron chi connectivity index (χ4n) is 5.28. The van der Waals surface area contributed by atoms with Crippen molar-refractivity contribution < 1.29 is 36.6 Å². The topological polar surface area (TPSA) is 86.1 Å². The third kappa shape index (κ3) is 6.46. The van der Waals surface area contributed by atoms with Gasteiger partial charge in [0, 0.05) is 54.9 Å². The van der Waals surface area contributed by atoms with Crippen molar-refractivity contribution in [3.63, 3.8) is 0 Å². The van der Waals surface area contributed by atoms with E-state index in [1.807, 2.05) is 0 Å². The van der Waals surface area contributed by atoms with Crippen molar-refractivity contribution in [3.8, 4) is 11.1 Å².